The molecule has 0 aliphatic heterocycles. The van der Waals surface area contributed by atoms with Crippen LogP contribution in [0.2, 0.25) is 0 Å². The van der Waals surface area contributed by atoms with E-state index in [-0.39, 0.29) is 23.6 Å². The van der Waals surface area contributed by atoms with Gasteiger partial charge in [-0.1, -0.05) is 6.92 Å². The minimum atomic E-state index is -4.53. The Morgan fingerprint density at radius 2 is 2.09 bits per heavy atom. The quantitative estimate of drug-likeness (QED) is 0.794. The molecule has 0 saturated heterocycles. The Bertz CT molecular complexity index is 551. The molecule has 122 valence electrons. The van der Waals surface area contributed by atoms with Gasteiger partial charge in [-0.3, -0.25) is 0 Å². The average Bonchev–Trinajstić information content (AvgIpc) is 2.84. The molecule has 1 heterocycles. The summed E-state index contributed by atoms with van der Waals surface area (Å²) in [5, 5.41) is 14.2. The molecule has 2 rings (SSSR count). The van der Waals surface area contributed by atoms with E-state index < -0.39 is 18.0 Å². The van der Waals surface area contributed by atoms with Crippen LogP contribution in [0.4, 0.5) is 23.8 Å². The van der Waals surface area contributed by atoms with Crippen molar-refractivity contribution in [1.82, 2.24) is 15.3 Å². The topological polar surface area (TPSA) is 87.1 Å². The lowest BCUT2D eigenvalue weighted by molar-refractivity contribution is -0.141. The molecule has 1 fully saturated rings. The molecule has 1 aromatic heterocycles. The molecule has 0 aromatic carbocycles. The lowest BCUT2D eigenvalue weighted by Crippen LogP contribution is -2.43. The average molecular weight is 318 g/mol. The zero-order valence-electron chi connectivity index (χ0n) is 11.9. The van der Waals surface area contributed by atoms with Crippen LogP contribution in [-0.2, 0) is 12.6 Å². The zero-order chi connectivity index (χ0) is 16.3. The zero-order valence-corrected chi connectivity index (χ0v) is 11.9. The van der Waals surface area contributed by atoms with Crippen LogP contribution in [0.5, 0.6) is 0 Å². The minimum Gasteiger partial charge on any atom is -0.465 e. The van der Waals surface area contributed by atoms with Gasteiger partial charge in [0.15, 0.2) is 5.69 Å². The Hall–Kier alpha value is -2.06. The number of rotatable bonds is 4. The first-order valence-corrected chi connectivity index (χ1v) is 7.00. The van der Waals surface area contributed by atoms with Crippen LogP contribution in [0, 0.1) is 0 Å². The molecule has 1 aromatic rings. The first-order chi connectivity index (χ1) is 10.3. The summed E-state index contributed by atoms with van der Waals surface area (Å²) in [7, 11) is 0. The van der Waals surface area contributed by atoms with Crippen molar-refractivity contribution < 1.29 is 23.1 Å². The van der Waals surface area contributed by atoms with Crippen LogP contribution in [-0.4, -0.2) is 33.3 Å². The maximum Gasteiger partial charge on any atom is 0.434 e. The summed E-state index contributed by atoms with van der Waals surface area (Å²) in [6.45, 7) is 1.69. The summed E-state index contributed by atoms with van der Waals surface area (Å²) in [6.07, 6.45) is -2.43. The number of alkyl halides is 3. The minimum absolute atomic E-state index is 0.201. The Balaban J connectivity index is 2.17. The summed E-state index contributed by atoms with van der Waals surface area (Å²) in [5.41, 5.74) is -0.808. The van der Waals surface area contributed by atoms with Gasteiger partial charge in [-0.25, -0.2) is 14.8 Å². The number of aromatic nitrogens is 2. The molecule has 1 aliphatic rings. The Kier molecular flexibility index (Phi) is 4.72. The van der Waals surface area contributed by atoms with Crippen LogP contribution >= 0.6 is 0 Å². The molecular formula is C13H17F3N4O2. The Labute approximate surface area is 125 Å². The number of nitrogens with one attached hydrogen (secondary N) is 2. The number of carboxylic acid groups (broad SMARTS) is 1. The highest BCUT2D eigenvalue weighted by atomic mass is 19.4. The van der Waals surface area contributed by atoms with Crippen molar-refractivity contribution in [2.24, 2.45) is 0 Å². The molecule has 0 bridgehead atoms. The number of hydrogen-bond donors (Lipinski definition) is 3. The van der Waals surface area contributed by atoms with E-state index in [0.717, 1.165) is 12.8 Å². The van der Waals surface area contributed by atoms with Crippen molar-refractivity contribution in [2.75, 3.05) is 5.32 Å². The number of halogens is 3. The smallest absolute Gasteiger partial charge is 0.434 e. The first kappa shape index (κ1) is 16.3. The van der Waals surface area contributed by atoms with Gasteiger partial charge in [-0.15, -0.1) is 0 Å². The number of carbonyl (C=O) groups is 1. The summed E-state index contributed by atoms with van der Waals surface area (Å²) in [5.74, 6) is 0.277. The van der Waals surface area contributed by atoms with Gasteiger partial charge in [0.05, 0.1) is 17.9 Å². The van der Waals surface area contributed by atoms with Crippen molar-refractivity contribution >= 4 is 11.9 Å². The van der Waals surface area contributed by atoms with E-state index in [0.29, 0.717) is 19.0 Å². The van der Waals surface area contributed by atoms with E-state index in [2.05, 4.69) is 20.6 Å². The van der Waals surface area contributed by atoms with Gasteiger partial charge in [0, 0.05) is 6.04 Å². The molecule has 1 amide bonds. The lowest BCUT2D eigenvalue weighted by Gasteiger charge is -2.22. The van der Waals surface area contributed by atoms with Crippen molar-refractivity contribution in [2.45, 2.75) is 50.9 Å². The second kappa shape index (κ2) is 6.37. The second-order valence-corrected chi connectivity index (χ2v) is 5.14. The highest BCUT2D eigenvalue weighted by molar-refractivity contribution is 5.65. The monoisotopic (exact) mass is 318 g/mol. The molecule has 0 radical (unpaired) electrons. The van der Waals surface area contributed by atoms with E-state index in [1.54, 1.807) is 6.92 Å². The van der Waals surface area contributed by atoms with E-state index in [1.165, 1.54) is 0 Å². The number of nitrogens with zero attached hydrogens (tertiary/aromatic N) is 2. The lowest BCUT2D eigenvalue weighted by atomic mass is 10.1. The molecule has 6 nitrogen and oxygen atoms in total. The van der Waals surface area contributed by atoms with Gasteiger partial charge >= 0.3 is 12.3 Å². The van der Waals surface area contributed by atoms with Gasteiger partial charge in [-0.05, 0) is 25.7 Å². The summed E-state index contributed by atoms with van der Waals surface area (Å²) >= 11 is 0. The van der Waals surface area contributed by atoms with Gasteiger partial charge in [-0.2, -0.15) is 13.2 Å². The highest BCUT2D eigenvalue weighted by Gasteiger charge is 2.34. The normalized spacial score (nSPS) is 21.6. The molecule has 0 spiro atoms. The van der Waals surface area contributed by atoms with Crippen molar-refractivity contribution in [3.63, 3.8) is 0 Å². The summed E-state index contributed by atoms with van der Waals surface area (Å²) < 4.78 is 37.9. The maximum atomic E-state index is 12.6. The predicted octanol–water partition coefficient (Wildman–Crippen LogP) is 2.66. The molecular weight excluding hydrogens is 301 g/mol. The summed E-state index contributed by atoms with van der Waals surface area (Å²) in [6, 6.07) is -0.487. The third kappa shape index (κ3) is 3.77. The number of hydrogen-bond acceptors (Lipinski definition) is 4. The second-order valence-electron chi connectivity index (χ2n) is 5.14. The predicted molar refractivity (Wildman–Crippen MR) is 72.6 cm³/mol. The molecule has 0 unspecified atom stereocenters. The highest BCUT2D eigenvalue weighted by Crippen LogP contribution is 2.29. The van der Waals surface area contributed by atoms with Crippen molar-refractivity contribution in [1.29, 1.82) is 0 Å². The van der Waals surface area contributed by atoms with Crippen LogP contribution < -0.4 is 10.6 Å². The number of aryl methyl sites for hydroxylation is 1. The largest absolute Gasteiger partial charge is 0.465 e. The van der Waals surface area contributed by atoms with Crippen LogP contribution in [0.25, 0.3) is 0 Å². The van der Waals surface area contributed by atoms with E-state index in [9.17, 15) is 18.0 Å². The van der Waals surface area contributed by atoms with Gasteiger partial charge in [0.1, 0.15) is 5.82 Å². The number of amides is 1. The molecule has 3 N–H and O–H groups in total. The molecule has 22 heavy (non-hydrogen) atoms. The summed E-state index contributed by atoms with van der Waals surface area (Å²) in [4.78, 5) is 18.2. The fraction of sp³-hybridized carbons (Fsp3) is 0.615. The standard InChI is InChI=1S/C13H17F3N4O2/c1-2-7-11(17-6-10(18-7)13(14,15)16)19-8-4-3-5-9(8)20-12(21)22/h6,8-9,20H,2-5H2,1H3,(H,17,19)(H,21,22)/t8-,9-/m0/s1. The van der Waals surface area contributed by atoms with Gasteiger partial charge in [0.2, 0.25) is 0 Å². The van der Waals surface area contributed by atoms with Crippen LogP contribution in [0.1, 0.15) is 37.6 Å². The molecule has 1 saturated carbocycles. The van der Waals surface area contributed by atoms with Gasteiger partial charge in [0.25, 0.3) is 0 Å². The van der Waals surface area contributed by atoms with Gasteiger partial charge < -0.3 is 15.7 Å². The van der Waals surface area contributed by atoms with Crippen LogP contribution in [0.15, 0.2) is 6.20 Å². The molecule has 1 aliphatic carbocycles. The van der Waals surface area contributed by atoms with Crippen LogP contribution in [0.3, 0.4) is 0 Å². The Morgan fingerprint density at radius 1 is 1.41 bits per heavy atom. The van der Waals surface area contributed by atoms with E-state index in [4.69, 9.17) is 5.11 Å². The SMILES string of the molecule is CCc1nc(C(F)(F)F)cnc1N[C@H]1CCC[C@@H]1NC(=O)O. The number of anilines is 1. The molecule has 9 heteroatoms. The fourth-order valence-electron chi connectivity index (χ4n) is 2.57. The molecule has 2 atom stereocenters. The van der Waals surface area contributed by atoms with E-state index in [1.807, 2.05) is 0 Å². The van der Waals surface area contributed by atoms with E-state index >= 15 is 0 Å². The maximum absolute atomic E-state index is 12.6. The van der Waals surface area contributed by atoms with Crippen molar-refractivity contribution in [3.8, 4) is 0 Å². The third-order valence-corrected chi connectivity index (χ3v) is 3.62. The third-order valence-electron chi connectivity index (χ3n) is 3.62. The Morgan fingerprint density at radius 3 is 2.68 bits per heavy atom. The van der Waals surface area contributed by atoms with Crippen molar-refractivity contribution in [3.05, 3.63) is 17.6 Å². The first-order valence-electron chi connectivity index (χ1n) is 7.00. The fourth-order valence-corrected chi connectivity index (χ4v) is 2.57.